The first-order chi connectivity index (χ1) is 12.6. The Morgan fingerprint density at radius 1 is 1.04 bits per heavy atom. The minimum absolute atomic E-state index is 0.0298. The van der Waals surface area contributed by atoms with Gasteiger partial charge in [-0.15, -0.1) is 0 Å². The molecule has 0 bridgehead atoms. The summed E-state index contributed by atoms with van der Waals surface area (Å²) in [5, 5.41) is 0.408. The molecule has 5 nitrogen and oxygen atoms in total. The average Bonchev–Trinajstić information content (AvgIpc) is 3.07. The molecule has 1 saturated heterocycles. The highest BCUT2D eigenvalue weighted by Crippen LogP contribution is 2.34. The topological polar surface area (TPSA) is 71.5 Å². The van der Waals surface area contributed by atoms with Crippen LogP contribution in [0.25, 0.3) is 0 Å². The molecule has 0 N–H and O–H groups in total. The number of hydrogen-bond donors (Lipinski definition) is 0. The third kappa shape index (κ3) is 4.17. The van der Waals surface area contributed by atoms with Gasteiger partial charge in [0.2, 0.25) is 10.0 Å². The Balaban J connectivity index is 1.93. The Morgan fingerprint density at radius 3 is 2.37 bits per heavy atom. The van der Waals surface area contributed by atoms with E-state index in [0.717, 1.165) is 0 Å². The molecular formula is C18H19Cl2NO4S2. The highest BCUT2D eigenvalue weighted by atomic mass is 35.5. The first-order valence-corrected chi connectivity index (χ1v) is 12.2. The molecule has 1 unspecified atom stereocenters. The molecular weight excluding hydrogens is 429 g/mol. The van der Waals surface area contributed by atoms with Gasteiger partial charge in [0.15, 0.2) is 9.84 Å². The van der Waals surface area contributed by atoms with Crippen molar-refractivity contribution in [3.05, 3.63) is 58.1 Å². The Labute approximate surface area is 169 Å². The van der Waals surface area contributed by atoms with E-state index >= 15 is 0 Å². The summed E-state index contributed by atoms with van der Waals surface area (Å²) >= 11 is 12.1. The van der Waals surface area contributed by atoms with E-state index in [1.165, 1.54) is 28.6 Å². The lowest BCUT2D eigenvalue weighted by molar-refractivity contribution is 0.408. The molecule has 1 aliphatic rings. The Morgan fingerprint density at radius 2 is 1.70 bits per heavy atom. The first kappa shape index (κ1) is 20.6. The second kappa shape index (κ2) is 7.72. The van der Waals surface area contributed by atoms with E-state index in [1.807, 2.05) is 0 Å². The summed E-state index contributed by atoms with van der Waals surface area (Å²) in [5.74, 6) is -0.263. The number of aryl methyl sites for hydroxylation is 1. The van der Waals surface area contributed by atoms with Crippen LogP contribution in [-0.2, 0) is 19.9 Å². The van der Waals surface area contributed by atoms with E-state index in [2.05, 4.69) is 0 Å². The van der Waals surface area contributed by atoms with Crippen LogP contribution in [0.15, 0.2) is 52.3 Å². The number of sulfonamides is 1. The predicted molar refractivity (Wildman–Crippen MR) is 107 cm³/mol. The fourth-order valence-electron chi connectivity index (χ4n) is 3.22. The molecule has 146 valence electrons. The van der Waals surface area contributed by atoms with Gasteiger partial charge in [-0.05, 0) is 49.6 Å². The second-order valence-electron chi connectivity index (χ2n) is 6.54. The standard InChI is InChI=1S/C18H19Cl2NO4S2/c1-13-10-18(17(20)11-16(13)19)27(24,25)21-9-5-6-14(21)12-26(22,23)15-7-3-2-4-8-15/h2-4,7-8,10-11,14H,5-6,9,12H2,1H3. The monoisotopic (exact) mass is 447 g/mol. The van der Waals surface area contributed by atoms with Crippen LogP contribution in [-0.4, -0.2) is 39.5 Å². The summed E-state index contributed by atoms with van der Waals surface area (Å²) in [6.07, 6.45) is 1.08. The van der Waals surface area contributed by atoms with Gasteiger partial charge in [-0.1, -0.05) is 41.4 Å². The van der Waals surface area contributed by atoms with Crippen LogP contribution >= 0.6 is 23.2 Å². The third-order valence-corrected chi connectivity index (χ3v) is 9.27. The number of rotatable bonds is 5. The van der Waals surface area contributed by atoms with Crippen LogP contribution in [0, 0.1) is 6.92 Å². The molecule has 0 aromatic heterocycles. The molecule has 0 amide bonds. The Kier molecular flexibility index (Phi) is 5.89. The highest BCUT2D eigenvalue weighted by Gasteiger charge is 2.39. The molecule has 0 saturated carbocycles. The molecule has 27 heavy (non-hydrogen) atoms. The van der Waals surface area contributed by atoms with Crippen LogP contribution in [0.5, 0.6) is 0 Å². The van der Waals surface area contributed by atoms with E-state index in [1.54, 1.807) is 25.1 Å². The maximum Gasteiger partial charge on any atom is 0.244 e. The summed E-state index contributed by atoms with van der Waals surface area (Å²) in [5.41, 5.74) is 0.590. The Bertz CT molecular complexity index is 1050. The van der Waals surface area contributed by atoms with E-state index < -0.39 is 25.9 Å². The SMILES string of the molecule is Cc1cc(S(=O)(=O)N2CCCC2CS(=O)(=O)c2ccccc2)c(Cl)cc1Cl. The zero-order valence-electron chi connectivity index (χ0n) is 14.6. The summed E-state index contributed by atoms with van der Waals surface area (Å²) in [4.78, 5) is 0.143. The van der Waals surface area contributed by atoms with Gasteiger partial charge in [-0.3, -0.25) is 0 Å². The average molecular weight is 448 g/mol. The molecule has 9 heteroatoms. The lowest BCUT2D eigenvalue weighted by Gasteiger charge is -2.24. The van der Waals surface area contributed by atoms with Crippen LogP contribution in [0.1, 0.15) is 18.4 Å². The number of halogens is 2. The maximum atomic E-state index is 13.2. The molecule has 1 heterocycles. The summed E-state index contributed by atoms with van der Waals surface area (Å²) in [6, 6.07) is 10.3. The normalized spacial score (nSPS) is 18.7. The van der Waals surface area contributed by atoms with Gasteiger partial charge < -0.3 is 0 Å². The van der Waals surface area contributed by atoms with Crippen LogP contribution in [0.2, 0.25) is 10.0 Å². The largest absolute Gasteiger partial charge is 0.244 e. The quantitative estimate of drug-likeness (QED) is 0.695. The molecule has 1 fully saturated rings. The van der Waals surface area contributed by atoms with Crippen molar-refractivity contribution < 1.29 is 16.8 Å². The molecule has 0 aliphatic carbocycles. The van der Waals surface area contributed by atoms with Gasteiger partial charge in [0, 0.05) is 17.6 Å². The van der Waals surface area contributed by atoms with E-state index in [9.17, 15) is 16.8 Å². The fraction of sp³-hybridized carbons (Fsp3) is 0.333. The molecule has 2 aromatic rings. The minimum Gasteiger partial charge on any atom is -0.224 e. The third-order valence-electron chi connectivity index (χ3n) is 4.64. The van der Waals surface area contributed by atoms with E-state index in [0.29, 0.717) is 23.4 Å². The van der Waals surface area contributed by atoms with E-state index in [-0.39, 0.29) is 27.1 Å². The van der Waals surface area contributed by atoms with Crippen molar-refractivity contribution in [2.75, 3.05) is 12.3 Å². The van der Waals surface area contributed by atoms with Gasteiger partial charge in [0.05, 0.1) is 15.7 Å². The molecule has 0 spiro atoms. The van der Waals surface area contributed by atoms with Gasteiger partial charge >= 0.3 is 0 Å². The van der Waals surface area contributed by atoms with Crippen LogP contribution < -0.4 is 0 Å². The zero-order chi connectivity index (χ0) is 19.8. The second-order valence-corrected chi connectivity index (χ2v) is 11.2. The summed E-state index contributed by atoms with van der Waals surface area (Å²) < 4.78 is 53.0. The van der Waals surface area contributed by atoms with Crippen molar-refractivity contribution >= 4 is 43.1 Å². The van der Waals surface area contributed by atoms with Crippen molar-refractivity contribution in [3.8, 4) is 0 Å². The van der Waals surface area contributed by atoms with Crippen LogP contribution in [0.3, 0.4) is 0 Å². The molecule has 2 aromatic carbocycles. The predicted octanol–water partition coefficient (Wildman–Crippen LogP) is 3.93. The molecule has 1 atom stereocenters. The van der Waals surface area contributed by atoms with Gasteiger partial charge in [0.25, 0.3) is 0 Å². The Hall–Kier alpha value is -1.12. The number of nitrogens with zero attached hydrogens (tertiary/aromatic N) is 1. The number of hydrogen-bond acceptors (Lipinski definition) is 4. The number of benzene rings is 2. The lowest BCUT2D eigenvalue weighted by Crippen LogP contribution is -2.39. The van der Waals surface area contributed by atoms with Crippen LogP contribution in [0.4, 0.5) is 0 Å². The van der Waals surface area contributed by atoms with Crippen molar-refractivity contribution in [2.24, 2.45) is 0 Å². The van der Waals surface area contributed by atoms with E-state index in [4.69, 9.17) is 23.2 Å². The molecule has 0 radical (unpaired) electrons. The fourth-order valence-corrected chi connectivity index (χ4v) is 7.44. The molecule has 3 rings (SSSR count). The summed E-state index contributed by atoms with van der Waals surface area (Å²) in [6.45, 7) is 1.95. The zero-order valence-corrected chi connectivity index (χ0v) is 17.7. The van der Waals surface area contributed by atoms with Crippen molar-refractivity contribution in [1.82, 2.24) is 4.31 Å². The summed E-state index contributed by atoms with van der Waals surface area (Å²) in [7, 11) is -7.54. The minimum atomic E-state index is -3.93. The highest BCUT2D eigenvalue weighted by molar-refractivity contribution is 7.91. The molecule has 1 aliphatic heterocycles. The maximum absolute atomic E-state index is 13.2. The first-order valence-electron chi connectivity index (χ1n) is 8.38. The smallest absolute Gasteiger partial charge is 0.224 e. The van der Waals surface area contributed by atoms with Crippen molar-refractivity contribution in [3.63, 3.8) is 0 Å². The van der Waals surface area contributed by atoms with Crippen molar-refractivity contribution in [1.29, 1.82) is 0 Å². The van der Waals surface area contributed by atoms with Gasteiger partial charge in [-0.25, -0.2) is 16.8 Å². The van der Waals surface area contributed by atoms with Gasteiger partial charge in [-0.2, -0.15) is 4.31 Å². The number of sulfone groups is 1. The lowest BCUT2D eigenvalue weighted by atomic mass is 10.2. The van der Waals surface area contributed by atoms with Gasteiger partial charge in [0.1, 0.15) is 4.90 Å². The van der Waals surface area contributed by atoms with Crippen molar-refractivity contribution in [2.45, 2.75) is 35.6 Å².